The summed E-state index contributed by atoms with van der Waals surface area (Å²) in [6, 6.07) is 3.49. The smallest absolute Gasteiger partial charge is 0.193 e. The summed E-state index contributed by atoms with van der Waals surface area (Å²) in [5.41, 5.74) is 0.316. The standard InChI is InChI=1S/C15H21F2N3/c1-11-4-3-7-20(10-11)15(18-2)19-9-12-8-13(16)5-6-14(12)17/h5-6,8,11H,3-4,7,9-10H2,1-2H3,(H,18,19). The highest BCUT2D eigenvalue weighted by Gasteiger charge is 2.19. The molecule has 1 aromatic rings. The number of benzene rings is 1. The van der Waals surface area contributed by atoms with Gasteiger partial charge in [-0.3, -0.25) is 4.99 Å². The first-order chi connectivity index (χ1) is 9.60. The van der Waals surface area contributed by atoms with E-state index in [1.165, 1.54) is 12.5 Å². The fourth-order valence-corrected chi connectivity index (χ4v) is 2.57. The van der Waals surface area contributed by atoms with Crippen LogP contribution < -0.4 is 5.32 Å². The van der Waals surface area contributed by atoms with E-state index in [4.69, 9.17) is 0 Å². The molecule has 1 N–H and O–H groups in total. The summed E-state index contributed by atoms with van der Waals surface area (Å²) in [6.07, 6.45) is 2.36. The summed E-state index contributed by atoms with van der Waals surface area (Å²) in [5, 5.41) is 3.11. The average molecular weight is 281 g/mol. The second-order valence-electron chi connectivity index (χ2n) is 5.33. The summed E-state index contributed by atoms with van der Waals surface area (Å²) in [7, 11) is 1.71. The number of piperidine rings is 1. The molecule has 1 atom stereocenters. The zero-order valence-electron chi connectivity index (χ0n) is 12.0. The van der Waals surface area contributed by atoms with E-state index in [0.717, 1.165) is 37.6 Å². The fraction of sp³-hybridized carbons (Fsp3) is 0.533. The molecule has 1 unspecified atom stereocenters. The van der Waals surface area contributed by atoms with Crippen LogP contribution in [-0.4, -0.2) is 31.0 Å². The van der Waals surface area contributed by atoms with Gasteiger partial charge in [-0.25, -0.2) is 8.78 Å². The number of halogens is 2. The van der Waals surface area contributed by atoms with Crippen LogP contribution in [0.1, 0.15) is 25.3 Å². The first kappa shape index (κ1) is 14.8. The normalized spacial score (nSPS) is 20.1. The maximum Gasteiger partial charge on any atom is 0.193 e. The second-order valence-corrected chi connectivity index (χ2v) is 5.33. The van der Waals surface area contributed by atoms with Crippen LogP contribution in [0, 0.1) is 17.6 Å². The topological polar surface area (TPSA) is 27.6 Å². The van der Waals surface area contributed by atoms with E-state index in [2.05, 4.69) is 22.1 Å². The van der Waals surface area contributed by atoms with E-state index in [9.17, 15) is 8.78 Å². The van der Waals surface area contributed by atoms with E-state index in [0.29, 0.717) is 11.5 Å². The van der Waals surface area contributed by atoms with Crippen molar-refractivity contribution in [3.8, 4) is 0 Å². The molecule has 0 amide bonds. The number of likely N-dealkylation sites (tertiary alicyclic amines) is 1. The number of rotatable bonds is 2. The molecular weight excluding hydrogens is 260 g/mol. The molecule has 0 radical (unpaired) electrons. The Labute approximate surface area is 118 Å². The molecule has 1 fully saturated rings. The number of nitrogens with one attached hydrogen (secondary N) is 1. The molecule has 0 aliphatic carbocycles. The van der Waals surface area contributed by atoms with Gasteiger partial charge in [-0.1, -0.05) is 6.92 Å². The fourth-order valence-electron chi connectivity index (χ4n) is 2.57. The number of nitrogens with zero attached hydrogens (tertiary/aromatic N) is 2. The minimum atomic E-state index is -0.426. The van der Waals surface area contributed by atoms with Crippen LogP contribution in [-0.2, 0) is 6.54 Å². The predicted molar refractivity (Wildman–Crippen MR) is 76.5 cm³/mol. The molecule has 1 aliphatic heterocycles. The van der Waals surface area contributed by atoms with Crippen LogP contribution >= 0.6 is 0 Å². The lowest BCUT2D eigenvalue weighted by molar-refractivity contribution is 0.266. The molecule has 20 heavy (non-hydrogen) atoms. The van der Waals surface area contributed by atoms with Gasteiger partial charge in [-0.05, 0) is 37.0 Å². The molecular formula is C15H21F2N3. The highest BCUT2D eigenvalue weighted by Crippen LogP contribution is 2.16. The molecule has 1 saturated heterocycles. The van der Waals surface area contributed by atoms with E-state index in [1.54, 1.807) is 7.05 Å². The lowest BCUT2D eigenvalue weighted by atomic mass is 10.0. The van der Waals surface area contributed by atoms with Gasteiger partial charge in [0.15, 0.2) is 5.96 Å². The number of guanidine groups is 1. The van der Waals surface area contributed by atoms with Gasteiger partial charge in [0, 0.05) is 32.2 Å². The van der Waals surface area contributed by atoms with Crippen LogP contribution in [0.3, 0.4) is 0 Å². The van der Waals surface area contributed by atoms with Crippen LogP contribution in [0.25, 0.3) is 0 Å². The zero-order chi connectivity index (χ0) is 14.5. The van der Waals surface area contributed by atoms with Crippen LogP contribution in [0.2, 0.25) is 0 Å². The van der Waals surface area contributed by atoms with E-state index < -0.39 is 11.6 Å². The summed E-state index contributed by atoms with van der Waals surface area (Å²) in [4.78, 5) is 6.40. The van der Waals surface area contributed by atoms with Crippen LogP contribution in [0.4, 0.5) is 8.78 Å². The Balaban J connectivity index is 1.99. The van der Waals surface area contributed by atoms with Crippen molar-refractivity contribution in [1.29, 1.82) is 0 Å². The summed E-state index contributed by atoms with van der Waals surface area (Å²) in [5.74, 6) is 0.555. The lowest BCUT2D eigenvalue weighted by Crippen LogP contribution is -2.45. The third kappa shape index (κ3) is 3.68. The van der Waals surface area contributed by atoms with Gasteiger partial charge in [0.05, 0.1) is 0 Å². The molecule has 0 saturated carbocycles. The van der Waals surface area contributed by atoms with Crippen molar-refractivity contribution >= 4 is 5.96 Å². The Bertz CT molecular complexity index is 488. The lowest BCUT2D eigenvalue weighted by Gasteiger charge is -2.33. The maximum atomic E-state index is 13.6. The molecule has 0 aromatic heterocycles. The zero-order valence-corrected chi connectivity index (χ0v) is 12.0. The maximum absolute atomic E-state index is 13.6. The van der Waals surface area contributed by atoms with Crippen molar-refractivity contribution in [2.45, 2.75) is 26.3 Å². The summed E-state index contributed by atoms with van der Waals surface area (Å²) >= 11 is 0. The monoisotopic (exact) mass is 281 g/mol. The van der Waals surface area contributed by atoms with Crippen LogP contribution in [0.15, 0.2) is 23.2 Å². The number of hydrogen-bond acceptors (Lipinski definition) is 1. The highest BCUT2D eigenvalue weighted by atomic mass is 19.1. The van der Waals surface area contributed by atoms with Crippen molar-refractivity contribution in [2.75, 3.05) is 20.1 Å². The summed E-state index contributed by atoms with van der Waals surface area (Å²) < 4.78 is 26.7. The van der Waals surface area contributed by atoms with Gasteiger partial charge in [0.2, 0.25) is 0 Å². The van der Waals surface area contributed by atoms with Crippen molar-refractivity contribution in [3.05, 3.63) is 35.4 Å². The van der Waals surface area contributed by atoms with E-state index in [-0.39, 0.29) is 6.54 Å². The quantitative estimate of drug-likeness (QED) is 0.667. The molecule has 2 rings (SSSR count). The van der Waals surface area contributed by atoms with E-state index in [1.807, 2.05) is 0 Å². The van der Waals surface area contributed by atoms with Crippen molar-refractivity contribution < 1.29 is 8.78 Å². The Hall–Kier alpha value is -1.65. The average Bonchev–Trinajstić information content (AvgIpc) is 2.43. The van der Waals surface area contributed by atoms with Crippen LogP contribution in [0.5, 0.6) is 0 Å². The predicted octanol–water partition coefficient (Wildman–Crippen LogP) is 2.77. The Morgan fingerprint density at radius 1 is 1.45 bits per heavy atom. The van der Waals surface area contributed by atoms with E-state index >= 15 is 0 Å². The Kier molecular flexibility index (Phi) is 4.93. The second kappa shape index (κ2) is 6.68. The molecule has 1 aliphatic rings. The van der Waals surface area contributed by atoms with Gasteiger partial charge in [-0.2, -0.15) is 0 Å². The first-order valence-corrected chi connectivity index (χ1v) is 6.99. The summed E-state index contributed by atoms with van der Waals surface area (Å²) in [6.45, 7) is 4.35. The van der Waals surface area contributed by atoms with Gasteiger partial charge in [0.25, 0.3) is 0 Å². The molecule has 5 heteroatoms. The minimum absolute atomic E-state index is 0.237. The van der Waals surface area contributed by atoms with Gasteiger partial charge < -0.3 is 10.2 Å². The molecule has 1 aromatic carbocycles. The van der Waals surface area contributed by atoms with Crippen molar-refractivity contribution in [2.24, 2.45) is 10.9 Å². The Morgan fingerprint density at radius 2 is 2.25 bits per heavy atom. The first-order valence-electron chi connectivity index (χ1n) is 6.99. The molecule has 0 bridgehead atoms. The number of hydrogen-bond donors (Lipinski definition) is 1. The largest absolute Gasteiger partial charge is 0.352 e. The molecule has 3 nitrogen and oxygen atoms in total. The van der Waals surface area contributed by atoms with Crippen molar-refractivity contribution in [1.82, 2.24) is 10.2 Å². The molecule has 110 valence electrons. The van der Waals surface area contributed by atoms with Gasteiger partial charge in [-0.15, -0.1) is 0 Å². The van der Waals surface area contributed by atoms with Crippen molar-refractivity contribution in [3.63, 3.8) is 0 Å². The van der Waals surface area contributed by atoms with Gasteiger partial charge >= 0.3 is 0 Å². The molecule has 0 spiro atoms. The highest BCUT2D eigenvalue weighted by molar-refractivity contribution is 5.79. The number of aliphatic imine (C=N–C) groups is 1. The SMILES string of the molecule is CN=C(NCc1cc(F)ccc1F)N1CCCC(C)C1. The molecule has 1 heterocycles. The third-order valence-corrected chi connectivity index (χ3v) is 3.61. The third-order valence-electron chi connectivity index (χ3n) is 3.61. The van der Waals surface area contributed by atoms with Gasteiger partial charge in [0.1, 0.15) is 11.6 Å². The Morgan fingerprint density at radius 3 is 2.95 bits per heavy atom. The minimum Gasteiger partial charge on any atom is -0.352 e.